The molecular formula is C41H52I4N8O9S. The number of phenols is 1. The second-order valence-electron chi connectivity index (χ2n) is 14.9. The minimum Gasteiger partial charge on any atom is -0.506 e. The van der Waals surface area contributed by atoms with Crippen LogP contribution in [0.15, 0.2) is 48.5 Å². The maximum atomic E-state index is 12.8. The molecule has 0 radical (unpaired) electrons. The monoisotopic (exact) mass is 1340 g/mol. The highest BCUT2D eigenvalue weighted by Crippen LogP contribution is 2.37. The highest BCUT2D eigenvalue weighted by molar-refractivity contribution is 14.1. The summed E-state index contributed by atoms with van der Waals surface area (Å²) >= 11 is 13.8. The number of nitrogens with zero attached hydrogens (tertiary/aromatic N) is 3. The number of hydrogen-bond acceptors (Lipinski definition) is 11. The molecule has 0 spiro atoms. The molecule has 0 aliphatic carbocycles. The molecule has 0 aliphatic rings. The number of likely N-dealkylation sites (N-methyl/N-ethyl adjacent to an activating group) is 2. The summed E-state index contributed by atoms with van der Waals surface area (Å²) in [6.07, 6.45) is 2.70. The lowest BCUT2D eigenvalue weighted by molar-refractivity contribution is -0.142. The molecule has 3 amide bonds. The summed E-state index contributed by atoms with van der Waals surface area (Å²) in [7, 11) is 3.67. The van der Waals surface area contributed by atoms with Crippen molar-refractivity contribution >= 4 is 143 Å². The SMILES string of the molecule is CN(CCN(C)CC(Cc1ccc(NC(=S)NCCCCCC(=O)NC(Cc2cc(I)c(Oc3cc(I)c(O)c(I)c3)c(I)c2)C(=O)O)cc1)N(CC(N)=O)CC(=O)O)CC(N)=O. The van der Waals surface area contributed by atoms with E-state index in [-0.39, 0.29) is 50.2 Å². The van der Waals surface area contributed by atoms with Gasteiger partial charge in [0, 0.05) is 50.7 Å². The molecule has 0 saturated heterocycles. The molecule has 0 heterocycles. The number of hydrogen-bond donors (Lipinski definition) is 8. The van der Waals surface area contributed by atoms with Crippen molar-refractivity contribution in [1.29, 1.82) is 0 Å². The molecule has 344 valence electrons. The third kappa shape index (κ3) is 20.4. The van der Waals surface area contributed by atoms with Crippen molar-refractivity contribution in [2.75, 3.05) is 65.2 Å². The molecule has 0 saturated carbocycles. The third-order valence-corrected chi connectivity index (χ3v) is 12.9. The van der Waals surface area contributed by atoms with E-state index in [9.17, 15) is 39.3 Å². The minimum atomic E-state index is -1.13. The summed E-state index contributed by atoms with van der Waals surface area (Å²) < 4.78 is 9.00. The van der Waals surface area contributed by atoms with E-state index in [4.69, 9.17) is 28.4 Å². The Labute approximate surface area is 426 Å². The lowest BCUT2D eigenvalue weighted by Gasteiger charge is -2.33. The van der Waals surface area contributed by atoms with Crippen LogP contribution in [-0.2, 0) is 36.8 Å². The predicted octanol–water partition coefficient (Wildman–Crippen LogP) is 4.39. The van der Waals surface area contributed by atoms with Crippen molar-refractivity contribution in [3.63, 3.8) is 0 Å². The van der Waals surface area contributed by atoms with E-state index >= 15 is 0 Å². The molecule has 0 bridgehead atoms. The van der Waals surface area contributed by atoms with Gasteiger partial charge in [-0.3, -0.25) is 29.0 Å². The quantitative estimate of drug-likeness (QED) is 0.0300. The van der Waals surface area contributed by atoms with Crippen molar-refractivity contribution < 1.29 is 44.0 Å². The van der Waals surface area contributed by atoms with Gasteiger partial charge in [0.2, 0.25) is 17.7 Å². The summed E-state index contributed by atoms with van der Waals surface area (Å²) in [4.78, 5) is 65.1. The maximum Gasteiger partial charge on any atom is 0.326 e. The van der Waals surface area contributed by atoms with E-state index in [1.54, 1.807) is 29.0 Å². The smallest absolute Gasteiger partial charge is 0.326 e. The molecule has 0 fully saturated rings. The molecule has 3 rings (SSSR count). The van der Waals surface area contributed by atoms with Gasteiger partial charge in [-0.2, -0.15) is 0 Å². The first kappa shape index (κ1) is 54.4. The number of phenolic OH excluding ortho intramolecular Hbond substituents is 1. The van der Waals surface area contributed by atoms with E-state index in [0.29, 0.717) is 69.2 Å². The first-order chi connectivity index (χ1) is 29.7. The number of rotatable bonds is 27. The van der Waals surface area contributed by atoms with Crippen molar-refractivity contribution in [2.45, 2.75) is 50.6 Å². The summed E-state index contributed by atoms with van der Waals surface area (Å²) in [5.41, 5.74) is 13.2. The first-order valence-corrected chi connectivity index (χ1v) is 24.3. The highest BCUT2D eigenvalue weighted by Gasteiger charge is 2.25. The van der Waals surface area contributed by atoms with Crippen molar-refractivity contribution in [1.82, 2.24) is 25.3 Å². The number of carboxylic acids is 2. The summed E-state index contributed by atoms with van der Waals surface area (Å²) in [5.74, 6) is -2.25. The Morgan fingerprint density at radius 1 is 0.778 bits per heavy atom. The van der Waals surface area contributed by atoms with Crippen LogP contribution in [0.1, 0.15) is 36.8 Å². The number of aliphatic carboxylic acids is 2. The fourth-order valence-electron chi connectivity index (χ4n) is 6.34. The van der Waals surface area contributed by atoms with Gasteiger partial charge in [-0.1, -0.05) is 18.6 Å². The fraction of sp³-hybridized carbons (Fsp3) is 0.415. The molecule has 2 atom stereocenters. The van der Waals surface area contributed by atoms with Gasteiger partial charge < -0.3 is 52.4 Å². The number of thiocarbonyl (C=S) groups is 1. The van der Waals surface area contributed by atoms with E-state index in [1.165, 1.54) is 0 Å². The number of nitrogens with two attached hydrogens (primary N) is 2. The number of ether oxygens (including phenoxy) is 1. The van der Waals surface area contributed by atoms with Crippen molar-refractivity contribution in [3.05, 3.63) is 73.9 Å². The van der Waals surface area contributed by atoms with Gasteiger partial charge in [-0.25, -0.2) is 4.79 Å². The number of carbonyl (C=O) groups is 5. The number of halogens is 4. The molecule has 22 heteroatoms. The zero-order valence-electron chi connectivity index (χ0n) is 34.7. The van der Waals surface area contributed by atoms with Crippen molar-refractivity contribution in [3.8, 4) is 17.2 Å². The van der Waals surface area contributed by atoms with Crippen molar-refractivity contribution in [2.24, 2.45) is 11.5 Å². The molecule has 2 unspecified atom stereocenters. The Kier molecular flexibility index (Phi) is 23.8. The summed E-state index contributed by atoms with van der Waals surface area (Å²) in [5, 5.41) is 38.9. The van der Waals surface area contributed by atoms with Crippen LogP contribution in [0.5, 0.6) is 17.2 Å². The Bertz CT molecular complexity index is 2020. The topological polar surface area (TPSA) is 253 Å². The minimum absolute atomic E-state index is 0.0971. The Balaban J connectivity index is 1.45. The van der Waals surface area contributed by atoms with Gasteiger partial charge in [-0.15, -0.1) is 0 Å². The fourth-order valence-corrected chi connectivity index (χ4v) is 10.4. The average Bonchev–Trinajstić information content (AvgIpc) is 3.18. The molecular weight excluding hydrogens is 1290 g/mol. The number of aromatic hydroxyl groups is 1. The second kappa shape index (κ2) is 27.5. The Morgan fingerprint density at radius 3 is 1.95 bits per heavy atom. The number of unbranched alkanes of at least 4 members (excludes halogenated alkanes) is 2. The van der Waals surface area contributed by atoms with Gasteiger partial charge in [-0.05, 0) is 183 Å². The number of anilines is 1. The molecule has 17 nitrogen and oxygen atoms in total. The molecule has 0 aliphatic heterocycles. The van der Waals surface area contributed by atoms with Crippen LogP contribution in [0.4, 0.5) is 5.69 Å². The van der Waals surface area contributed by atoms with Crippen LogP contribution in [0.2, 0.25) is 0 Å². The van der Waals surface area contributed by atoms with Crippen LogP contribution in [-0.4, -0.2) is 137 Å². The number of carbonyl (C=O) groups excluding carboxylic acids is 3. The van der Waals surface area contributed by atoms with Crippen LogP contribution < -0.4 is 32.2 Å². The number of benzene rings is 3. The maximum absolute atomic E-state index is 12.8. The number of carboxylic acid groups (broad SMARTS) is 2. The van der Waals surface area contributed by atoms with Gasteiger partial charge in [0.05, 0.1) is 33.9 Å². The number of nitrogens with one attached hydrogen (secondary N) is 3. The average molecular weight is 1340 g/mol. The van der Waals surface area contributed by atoms with Crippen LogP contribution >= 0.6 is 103 Å². The van der Waals surface area contributed by atoms with E-state index in [1.807, 2.05) is 93.5 Å². The van der Waals surface area contributed by atoms with Crippen LogP contribution in [0, 0.1) is 14.3 Å². The second-order valence-corrected chi connectivity index (χ2v) is 19.9. The van der Waals surface area contributed by atoms with Gasteiger partial charge in [0.1, 0.15) is 17.5 Å². The lowest BCUT2D eigenvalue weighted by Crippen LogP contribution is -2.50. The predicted molar refractivity (Wildman–Crippen MR) is 278 cm³/mol. The van der Waals surface area contributed by atoms with Crippen LogP contribution in [0.25, 0.3) is 0 Å². The Morgan fingerprint density at radius 2 is 1.38 bits per heavy atom. The number of amides is 3. The molecule has 10 N–H and O–H groups in total. The molecule has 3 aromatic carbocycles. The zero-order chi connectivity index (χ0) is 46.8. The van der Waals surface area contributed by atoms with Crippen LogP contribution in [0.3, 0.4) is 0 Å². The van der Waals surface area contributed by atoms with E-state index in [0.717, 1.165) is 30.4 Å². The van der Waals surface area contributed by atoms with E-state index < -0.39 is 29.8 Å². The normalized spacial score (nSPS) is 12.2. The van der Waals surface area contributed by atoms with Gasteiger partial charge in [0.25, 0.3) is 0 Å². The van der Waals surface area contributed by atoms with Gasteiger partial charge >= 0.3 is 11.9 Å². The largest absolute Gasteiger partial charge is 0.506 e. The number of primary amides is 2. The highest BCUT2D eigenvalue weighted by atomic mass is 127. The molecule has 0 aromatic heterocycles. The summed E-state index contributed by atoms with van der Waals surface area (Å²) in [6, 6.07) is 13.2. The third-order valence-electron chi connectivity index (χ3n) is 9.42. The lowest BCUT2D eigenvalue weighted by atomic mass is 10.0. The molecule has 63 heavy (non-hydrogen) atoms. The standard InChI is InChI=1S/C41H52I4N8O9S/c1-51(12-13-52(2)21-34(46)54)20-27(53(22-35(47)55)23-37(57)58)14-24-7-9-26(10-8-24)49-41(63)48-11-5-3-4-6-36(56)50-33(40(60)61)17-25-15-31(44)39(32(45)16-25)62-28-18-29(42)38(59)30(43)19-28/h7-10,15-16,18-19,27,33,59H,3-6,11-14,17,20-23H2,1-2H3,(H2,46,54)(H2,47,55)(H,50,56)(H,57,58)(H,60,61)(H2,48,49,63). The van der Waals surface area contributed by atoms with E-state index in [2.05, 4.69) is 61.1 Å². The first-order valence-electron chi connectivity index (χ1n) is 19.6. The molecule has 3 aromatic rings. The zero-order valence-corrected chi connectivity index (χ0v) is 44.1. The summed E-state index contributed by atoms with van der Waals surface area (Å²) in [6.45, 7) is 1.64. The van der Waals surface area contributed by atoms with Gasteiger partial charge in [0.15, 0.2) is 10.9 Å². The Hall–Kier alpha value is -2.90.